The summed E-state index contributed by atoms with van der Waals surface area (Å²) in [4.78, 5) is 3.83. The van der Waals surface area contributed by atoms with Crippen LogP contribution in [0.5, 0.6) is 0 Å². The van der Waals surface area contributed by atoms with Crippen LogP contribution in [-0.2, 0) is 4.74 Å². The summed E-state index contributed by atoms with van der Waals surface area (Å²) in [5.41, 5.74) is 11.6. The van der Waals surface area contributed by atoms with Crippen molar-refractivity contribution in [2.24, 2.45) is 16.5 Å². The molecule has 0 aliphatic carbocycles. The van der Waals surface area contributed by atoms with E-state index in [1.807, 2.05) is 0 Å². The summed E-state index contributed by atoms with van der Waals surface area (Å²) in [6.45, 7) is -0.514. The molecule has 1 saturated heterocycles. The fourth-order valence-corrected chi connectivity index (χ4v) is 2.66. The minimum Gasteiger partial charge on any atom is -0.394 e. The van der Waals surface area contributed by atoms with E-state index in [0.29, 0.717) is 0 Å². The number of nitrogens with zero attached hydrogens (tertiary/aromatic N) is 1. The second-order valence-electron chi connectivity index (χ2n) is 5.38. The van der Waals surface area contributed by atoms with Crippen molar-refractivity contribution in [2.75, 3.05) is 6.61 Å². The molecule has 2 rings (SSSR count). The minimum absolute atomic E-state index is 0.127. The van der Waals surface area contributed by atoms with Crippen LogP contribution in [0.3, 0.4) is 0 Å². The molecule has 126 valence electrons. The van der Waals surface area contributed by atoms with Gasteiger partial charge in [-0.1, -0.05) is 11.6 Å². The molecule has 2 aliphatic rings. The summed E-state index contributed by atoms with van der Waals surface area (Å²) < 4.78 is 5.45. The monoisotopic (exact) mass is 336 g/mol. The molecule has 0 radical (unpaired) electrons. The number of aliphatic hydroxyl groups is 4. The Morgan fingerprint density at radius 3 is 2.68 bits per heavy atom. The summed E-state index contributed by atoms with van der Waals surface area (Å²) >= 11 is 5.83. The molecule has 10 heteroatoms. The third-order valence-corrected chi connectivity index (χ3v) is 3.96. The Morgan fingerprint density at radius 1 is 1.36 bits per heavy atom. The topological polar surface area (TPSA) is 167 Å². The lowest BCUT2D eigenvalue weighted by Crippen LogP contribution is -2.58. The van der Waals surface area contributed by atoms with E-state index >= 15 is 0 Å². The molecule has 9 nitrogen and oxygen atoms in total. The zero-order valence-electron chi connectivity index (χ0n) is 11.7. The lowest BCUT2D eigenvalue weighted by Gasteiger charge is -2.32. The molecule has 1 fully saturated rings. The predicted octanol–water partition coefficient (Wildman–Crippen LogP) is -3.09. The van der Waals surface area contributed by atoms with Gasteiger partial charge in [0.05, 0.1) is 30.9 Å². The van der Waals surface area contributed by atoms with Gasteiger partial charge in [-0.15, -0.1) is 0 Å². The number of nitrogens with one attached hydrogen (secondary N) is 1. The Labute approximate surface area is 132 Å². The number of rotatable bonds is 3. The number of nitrogens with two attached hydrogens (primary N) is 2. The number of halogens is 1. The third kappa shape index (κ3) is 3.76. The summed E-state index contributed by atoms with van der Waals surface area (Å²) in [7, 11) is 0. The normalized spacial score (nSPS) is 43.3. The first-order valence-electron chi connectivity index (χ1n) is 6.87. The second-order valence-corrected chi connectivity index (χ2v) is 5.77. The van der Waals surface area contributed by atoms with Crippen LogP contribution in [0.2, 0.25) is 0 Å². The Balaban J connectivity index is 2.12. The molecule has 0 aromatic carbocycles. The van der Waals surface area contributed by atoms with E-state index in [4.69, 9.17) is 27.8 Å². The number of aliphatic hydroxyl groups excluding tert-OH is 4. The maximum absolute atomic E-state index is 10.1. The van der Waals surface area contributed by atoms with Crippen molar-refractivity contribution in [1.29, 1.82) is 0 Å². The van der Waals surface area contributed by atoms with Crippen molar-refractivity contribution in [3.05, 3.63) is 11.2 Å². The minimum atomic E-state index is -1.31. The fourth-order valence-electron chi connectivity index (χ4n) is 2.43. The Kier molecular flexibility index (Phi) is 5.75. The van der Waals surface area contributed by atoms with Crippen molar-refractivity contribution in [3.8, 4) is 0 Å². The molecule has 9 N–H and O–H groups in total. The Hall–Kier alpha value is -0.780. The van der Waals surface area contributed by atoms with E-state index in [2.05, 4.69) is 10.3 Å². The SMILES string of the molecule is NC1=NC(Cl)=CC(N[C@@H]2O[C@H](CO)[C@@H](O)[C@H](O)C[C@H]2O)C1N. The second kappa shape index (κ2) is 7.20. The number of ether oxygens (including phenoxy) is 1. The van der Waals surface area contributed by atoms with Gasteiger partial charge in [0.15, 0.2) is 0 Å². The Morgan fingerprint density at radius 2 is 2.05 bits per heavy atom. The summed E-state index contributed by atoms with van der Waals surface area (Å²) in [5.74, 6) is 0.131. The third-order valence-electron chi connectivity index (χ3n) is 3.75. The molecule has 22 heavy (non-hydrogen) atoms. The van der Waals surface area contributed by atoms with Crippen LogP contribution in [0.4, 0.5) is 0 Å². The summed E-state index contributed by atoms with van der Waals surface area (Å²) in [6, 6.07) is -1.24. The van der Waals surface area contributed by atoms with E-state index < -0.39 is 49.3 Å². The van der Waals surface area contributed by atoms with Gasteiger partial charge in [-0.3, -0.25) is 5.32 Å². The van der Waals surface area contributed by atoms with Gasteiger partial charge in [0, 0.05) is 6.42 Å². The van der Waals surface area contributed by atoms with Crippen LogP contribution >= 0.6 is 11.6 Å². The molecular formula is C12H21ClN4O5. The maximum atomic E-state index is 10.1. The number of hydrogen-bond acceptors (Lipinski definition) is 9. The van der Waals surface area contributed by atoms with Crippen molar-refractivity contribution < 1.29 is 25.2 Å². The van der Waals surface area contributed by atoms with E-state index in [1.54, 1.807) is 0 Å². The number of aliphatic imine (C=N–C) groups is 1. The molecule has 0 saturated carbocycles. The average Bonchev–Trinajstić information content (AvgIpc) is 2.55. The van der Waals surface area contributed by atoms with E-state index in [1.165, 1.54) is 6.08 Å². The van der Waals surface area contributed by atoms with Gasteiger partial charge < -0.3 is 36.6 Å². The highest BCUT2D eigenvalue weighted by atomic mass is 35.5. The molecule has 0 spiro atoms. The van der Waals surface area contributed by atoms with Crippen LogP contribution in [0.15, 0.2) is 16.2 Å². The van der Waals surface area contributed by atoms with E-state index in [0.717, 1.165) is 0 Å². The summed E-state index contributed by atoms with van der Waals surface area (Å²) in [5, 5.41) is 42.0. The van der Waals surface area contributed by atoms with Crippen molar-refractivity contribution >= 4 is 17.4 Å². The van der Waals surface area contributed by atoms with Gasteiger partial charge in [-0.05, 0) is 6.08 Å². The van der Waals surface area contributed by atoms with Gasteiger partial charge in [0.1, 0.15) is 29.4 Å². The van der Waals surface area contributed by atoms with Crippen molar-refractivity contribution in [3.63, 3.8) is 0 Å². The van der Waals surface area contributed by atoms with Crippen LogP contribution in [0.25, 0.3) is 0 Å². The zero-order valence-corrected chi connectivity index (χ0v) is 12.5. The van der Waals surface area contributed by atoms with Gasteiger partial charge in [0.2, 0.25) is 0 Å². The molecule has 2 aliphatic heterocycles. The number of hydrogen-bond donors (Lipinski definition) is 7. The largest absolute Gasteiger partial charge is 0.394 e. The average molecular weight is 337 g/mol. The molecule has 0 amide bonds. The summed E-state index contributed by atoms with van der Waals surface area (Å²) in [6.07, 6.45) is -4.29. The zero-order chi connectivity index (χ0) is 16.4. The molecule has 0 bridgehead atoms. The highest BCUT2D eigenvalue weighted by molar-refractivity contribution is 6.30. The first-order chi connectivity index (χ1) is 10.3. The van der Waals surface area contributed by atoms with Crippen LogP contribution in [0.1, 0.15) is 6.42 Å². The lowest BCUT2D eigenvalue weighted by molar-refractivity contribution is -0.132. The molecule has 7 atom stereocenters. The van der Waals surface area contributed by atoms with Crippen molar-refractivity contribution in [2.45, 2.75) is 49.1 Å². The first kappa shape index (κ1) is 17.6. The van der Waals surface area contributed by atoms with Gasteiger partial charge >= 0.3 is 0 Å². The standard InChI is InChI=1S/C12H21ClN4O5/c13-8-1-4(9(14)11(15)17-8)16-12-6(20)2-5(19)10(21)7(3-18)22-12/h1,4-7,9-10,12,16,18-21H,2-3,14H2,(H2,15,17)/t4?,5-,6-,7-,9?,10+,12-/m1/s1. The smallest absolute Gasteiger partial charge is 0.135 e. The molecule has 2 heterocycles. The quantitative estimate of drug-likeness (QED) is 0.266. The Bertz CT molecular complexity index is 463. The van der Waals surface area contributed by atoms with Gasteiger partial charge in [0.25, 0.3) is 0 Å². The van der Waals surface area contributed by atoms with E-state index in [9.17, 15) is 20.4 Å². The highest BCUT2D eigenvalue weighted by Crippen LogP contribution is 2.21. The van der Waals surface area contributed by atoms with Crippen molar-refractivity contribution in [1.82, 2.24) is 5.32 Å². The van der Waals surface area contributed by atoms with Crippen LogP contribution in [0, 0.1) is 0 Å². The van der Waals surface area contributed by atoms with Gasteiger partial charge in [-0.2, -0.15) is 0 Å². The molecule has 2 unspecified atom stereocenters. The first-order valence-corrected chi connectivity index (χ1v) is 7.24. The predicted molar refractivity (Wildman–Crippen MR) is 78.8 cm³/mol. The number of amidine groups is 1. The highest BCUT2D eigenvalue weighted by Gasteiger charge is 2.39. The fraction of sp³-hybridized carbons (Fsp3) is 0.750. The maximum Gasteiger partial charge on any atom is 0.135 e. The van der Waals surface area contributed by atoms with E-state index in [-0.39, 0.29) is 17.4 Å². The van der Waals surface area contributed by atoms with Crippen LogP contribution < -0.4 is 16.8 Å². The van der Waals surface area contributed by atoms with Gasteiger partial charge in [-0.25, -0.2) is 4.99 Å². The molecular weight excluding hydrogens is 316 g/mol. The molecule has 0 aromatic heterocycles. The van der Waals surface area contributed by atoms with Crippen LogP contribution in [-0.4, -0.2) is 75.6 Å². The lowest BCUT2D eigenvalue weighted by atomic mass is 10.0. The molecule has 0 aromatic rings.